The van der Waals surface area contributed by atoms with E-state index < -0.39 is 29.1 Å². The Bertz CT molecular complexity index is 1130. The van der Waals surface area contributed by atoms with Gasteiger partial charge in [-0.25, -0.2) is 13.6 Å². The van der Waals surface area contributed by atoms with E-state index in [9.17, 15) is 23.5 Å². The lowest BCUT2D eigenvalue weighted by Crippen LogP contribution is -2.21. The molecule has 0 aliphatic heterocycles. The summed E-state index contributed by atoms with van der Waals surface area (Å²) in [4.78, 5) is 25.1. The zero-order valence-corrected chi connectivity index (χ0v) is 16.2. The molecule has 30 heavy (non-hydrogen) atoms. The summed E-state index contributed by atoms with van der Waals surface area (Å²) in [6.07, 6.45) is -0.301. The van der Waals surface area contributed by atoms with Crippen LogP contribution >= 0.6 is 0 Å². The molecule has 3 aromatic rings. The summed E-state index contributed by atoms with van der Waals surface area (Å²) in [7, 11) is 1.50. The number of hydrogen-bond acceptors (Lipinski definition) is 5. The van der Waals surface area contributed by atoms with Gasteiger partial charge in [0.15, 0.2) is 0 Å². The Morgan fingerprint density at radius 1 is 1.17 bits per heavy atom. The average Bonchev–Trinajstić information content (AvgIpc) is 2.69. The minimum absolute atomic E-state index is 0.0968. The van der Waals surface area contributed by atoms with E-state index in [1.807, 2.05) is 0 Å². The maximum absolute atomic E-state index is 13.9. The fraction of sp³-hybridized carbons (Fsp3) is 0.182. The summed E-state index contributed by atoms with van der Waals surface area (Å²) < 4.78 is 37.2. The maximum atomic E-state index is 13.9. The highest BCUT2D eigenvalue weighted by molar-refractivity contribution is 5.91. The molecule has 1 atom stereocenters. The molecule has 6 nitrogen and oxygen atoms in total. The number of anilines is 1. The first-order chi connectivity index (χ1) is 14.3. The molecule has 1 aromatic heterocycles. The van der Waals surface area contributed by atoms with Crippen LogP contribution in [0, 0.1) is 18.6 Å². The zero-order chi connectivity index (χ0) is 21.8. The molecule has 156 valence electrons. The summed E-state index contributed by atoms with van der Waals surface area (Å²) in [5, 5.41) is 12.7. The van der Waals surface area contributed by atoms with Crippen LogP contribution < -0.4 is 15.7 Å². The van der Waals surface area contributed by atoms with Crippen LogP contribution in [0.15, 0.2) is 57.7 Å². The van der Waals surface area contributed by atoms with Gasteiger partial charge in [0.05, 0.1) is 18.4 Å². The first-order valence-electron chi connectivity index (χ1n) is 9.01. The van der Waals surface area contributed by atoms with Crippen molar-refractivity contribution in [3.05, 3.63) is 87.5 Å². The van der Waals surface area contributed by atoms with Gasteiger partial charge in [-0.2, -0.15) is 0 Å². The third-order valence-corrected chi connectivity index (χ3v) is 4.55. The second kappa shape index (κ2) is 8.77. The fourth-order valence-electron chi connectivity index (χ4n) is 3.13. The first-order valence-corrected chi connectivity index (χ1v) is 9.01. The highest BCUT2D eigenvalue weighted by Gasteiger charge is 2.26. The summed E-state index contributed by atoms with van der Waals surface area (Å²) in [5.74, 6) is -2.75. The minimum Gasteiger partial charge on any atom is -0.507 e. The highest BCUT2D eigenvalue weighted by atomic mass is 19.1. The Kier molecular flexibility index (Phi) is 6.15. The van der Waals surface area contributed by atoms with E-state index in [1.165, 1.54) is 20.1 Å². The van der Waals surface area contributed by atoms with E-state index in [0.717, 1.165) is 12.1 Å². The number of benzene rings is 2. The number of aromatic hydroxyl groups is 1. The number of carbonyl (C=O) groups is 1. The van der Waals surface area contributed by atoms with Crippen molar-refractivity contribution < 1.29 is 27.8 Å². The monoisotopic (exact) mass is 415 g/mol. The van der Waals surface area contributed by atoms with Gasteiger partial charge >= 0.3 is 5.63 Å². The van der Waals surface area contributed by atoms with E-state index >= 15 is 0 Å². The van der Waals surface area contributed by atoms with Crippen LogP contribution in [-0.2, 0) is 4.79 Å². The van der Waals surface area contributed by atoms with E-state index in [-0.39, 0.29) is 29.2 Å². The molecule has 1 heterocycles. The number of nitrogens with one attached hydrogen (secondary N) is 1. The molecule has 0 unspecified atom stereocenters. The van der Waals surface area contributed by atoms with Crippen LogP contribution in [0.2, 0.25) is 0 Å². The molecule has 0 aliphatic carbocycles. The lowest BCUT2D eigenvalue weighted by molar-refractivity contribution is -0.116. The van der Waals surface area contributed by atoms with Gasteiger partial charge in [0.25, 0.3) is 0 Å². The number of ether oxygens (including phenoxy) is 1. The summed E-state index contributed by atoms with van der Waals surface area (Å²) in [6, 6.07) is 10.6. The lowest BCUT2D eigenvalue weighted by atomic mass is 9.88. The number of methoxy groups -OCH3 is 1. The molecule has 2 N–H and O–H groups in total. The van der Waals surface area contributed by atoms with Crippen LogP contribution in [0.5, 0.6) is 11.5 Å². The normalized spacial score (nSPS) is 11.7. The number of carbonyl (C=O) groups excluding carboxylic acids is 1. The Hall–Kier alpha value is -3.68. The molecule has 0 bridgehead atoms. The number of aryl methyl sites for hydroxylation is 1. The third kappa shape index (κ3) is 4.65. The van der Waals surface area contributed by atoms with Gasteiger partial charge in [0.2, 0.25) is 5.91 Å². The van der Waals surface area contributed by atoms with Gasteiger partial charge in [-0.15, -0.1) is 0 Å². The fourth-order valence-corrected chi connectivity index (χ4v) is 3.13. The SMILES string of the molecule is COc1ccc([C@@H](CC(=O)Nc2ccc(F)cc2F)c2c(O)cc(C)oc2=O)cc1. The summed E-state index contributed by atoms with van der Waals surface area (Å²) in [5.41, 5.74) is -0.540. The molecule has 1 amide bonds. The van der Waals surface area contributed by atoms with Gasteiger partial charge in [-0.1, -0.05) is 12.1 Å². The second-order valence-corrected chi connectivity index (χ2v) is 6.65. The second-order valence-electron chi connectivity index (χ2n) is 6.65. The number of amides is 1. The van der Waals surface area contributed by atoms with Gasteiger partial charge in [0, 0.05) is 24.5 Å². The van der Waals surface area contributed by atoms with E-state index in [1.54, 1.807) is 24.3 Å². The van der Waals surface area contributed by atoms with Crippen molar-refractivity contribution in [2.75, 3.05) is 12.4 Å². The van der Waals surface area contributed by atoms with Gasteiger partial charge in [0.1, 0.15) is 28.9 Å². The Morgan fingerprint density at radius 2 is 1.87 bits per heavy atom. The van der Waals surface area contributed by atoms with Crippen LogP contribution in [0.25, 0.3) is 0 Å². The molecule has 0 radical (unpaired) electrons. The highest BCUT2D eigenvalue weighted by Crippen LogP contribution is 2.33. The van der Waals surface area contributed by atoms with Gasteiger partial charge in [-0.3, -0.25) is 4.79 Å². The predicted molar refractivity (Wildman–Crippen MR) is 106 cm³/mol. The zero-order valence-electron chi connectivity index (χ0n) is 16.2. The van der Waals surface area contributed by atoms with Gasteiger partial charge in [-0.05, 0) is 36.8 Å². The standard InChI is InChI=1S/C22H19F2NO5/c1-12-9-19(26)21(22(28)30-12)16(13-3-6-15(29-2)7-4-13)11-20(27)25-18-8-5-14(23)10-17(18)24/h3-10,16,26H,11H2,1-2H3,(H,25,27)/t16-/m1/s1. The molecule has 0 saturated carbocycles. The maximum Gasteiger partial charge on any atom is 0.343 e. The number of halogens is 2. The Morgan fingerprint density at radius 3 is 2.47 bits per heavy atom. The Balaban J connectivity index is 1.97. The van der Waals surface area contributed by atoms with Crippen molar-refractivity contribution >= 4 is 11.6 Å². The van der Waals surface area contributed by atoms with E-state index in [2.05, 4.69) is 5.32 Å². The largest absolute Gasteiger partial charge is 0.507 e. The van der Waals surface area contributed by atoms with Crippen LogP contribution in [0.1, 0.15) is 29.2 Å². The third-order valence-electron chi connectivity index (χ3n) is 4.55. The summed E-state index contributed by atoms with van der Waals surface area (Å²) >= 11 is 0. The summed E-state index contributed by atoms with van der Waals surface area (Å²) in [6.45, 7) is 1.51. The number of rotatable bonds is 6. The smallest absolute Gasteiger partial charge is 0.343 e. The molecule has 2 aromatic carbocycles. The quantitative estimate of drug-likeness (QED) is 0.633. The number of hydrogen-bond donors (Lipinski definition) is 2. The predicted octanol–water partition coefficient (Wildman–Crippen LogP) is 4.10. The van der Waals surface area contributed by atoms with Crippen molar-refractivity contribution in [3.63, 3.8) is 0 Å². The van der Waals surface area contributed by atoms with Crippen molar-refractivity contribution in [1.29, 1.82) is 0 Å². The van der Waals surface area contributed by atoms with Crippen LogP contribution in [-0.4, -0.2) is 18.1 Å². The molecule has 0 saturated heterocycles. The van der Waals surface area contributed by atoms with Crippen molar-refractivity contribution in [3.8, 4) is 11.5 Å². The molecule has 0 fully saturated rings. The molecule has 3 rings (SSSR count). The first kappa shape index (κ1) is 21.0. The van der Waals surface area contributed by atoms with Crippen molar-refractivity contribution in [2.45, 2.75) is 19.3 Å². The van der Waals surface area contributed by atoms with Crippen molar-refractivity contribution in [2.24, 2.45) is 0 Å². The van der Waals surface area contributed by atoms with E-state index in [4.69, 9.17) is 9.15 Å². The molecule has 8 heteroatoms. The molecule has 0 spiro atoms. The van der Waals surface area contributed by atoms with Crippen LogP contribution in [0.3, 0.4) is 0 Å². The Labute approximate surface area is 170 Å². The van der Waals surface area contributed by atoms with Crippen molar-refractivity contribution in [1.82, 2.24) is 0 Å². The van der Waals surface area contributed by atoms with Gasteiger partial charge < -0.3 is 19.6 Å². The van der Waals surface area contributed by atoms with E-state index in [0.29, 0.717) is 17.4 Å². The lowest BCUT2D eigenvalue weighted by Gasteiger charge is -2.18. The molecule has 0 aliphatic rings. The minimum atomic E-state index is -0.929. The molecular weight excluding hydrogens is 396 g/mol. The van der Waals surface area contributed by atoms with Crippen LogP contribution in [0.4, 0.5) is 14.5 Å². The molecular formula is C22H19F2NO5. The topological polar surface area (TPSA) is 88.8 Å². The average molecular weight is 415 g/mol.